The van der Waals surface area contributed by atoms with E-state index in [9.17, 15) is 9.59 Å². The molecule has 4 nitrogen and oxygen atoms in total. The Morgan fingerprint density at radius 1 is 1.17 bits per heavy atom. The highest BCUT2D eigenvalue weighted by molar-refractivity contribution is 9.10. The number of amides is 1. The number of hydrogen-bond donors (Lipinski definition) is 1. The number of hydrogen-bond acceptors (Lipinski definition) is 4. The summed E-state index contributed by atoms with van der Waals surface area (Å²) < 4.78 is 5.87. The molecular weight excluding hydrogens is 390 g/mol. The Bertz CT molecular complexity index is 749. The van der Waals surface area contributed by atoms with Crippen molar-refractivity contribution in [2.24, 2.45) is 0 Å². The van der Waals surface area contributed by atoms with Crippen LogP contribution < -0.4 is 5.32 Å². The zero-order valence-electron chi connectivity index (χ0n) is 13.5. The van der Waals surface area contributed by atoms with Gasteiger partial charge in [0.15, 0.2) is 6.61 Å². The molecule has 0 radical (unpaired) electrons. The lowest BCUT2D eigenvalue weighted by Gasteiger charge is -2.08. The van der Waals surface area contributed by atoms with Gasteiger partial charge in [-0.25, -0.2) is 0 Å². The van der Waals surface area contributed by atoms with Crippen molar-refractivity contribution < 1.29 is 14.3 Å². The van der Waals surface area contributed by atoms with E-state index in [1.807, 2.05) is 38.1 Å². The first-order valence-electron chi connectivity index (χ1n) is 7.35. The van der Waals surface area contributed by atoms with Gasteiger partial charge in [-0.3, -0.25) is 9.59 Å². The van der Waals surface area contributed by atoms with E-state index < -0.39 is 5.97 Å². The van der Waals surface area contributed by atoms with Crippen molar-refractivity contribution in [1.29, 1.82) is 0 Å². The molecule has 1 amide bonds. The summed E-state index contributed by atoms with van der Waals surface area (Å²) in [6.45, 7) is 3.74. The van der Waals surface area contributed by atoms with Crippen LogP contribution in [0, 0.1) is 13.8 Å². The predicted molar refractivity (Wildman–Crippen MR) is 100 cm³/mol. The van der Waals surface area contributed by atoms with Crippen LogP contribution in [0.5, 0.6) is 0 Å². The van der Waals surface area contributed by atoms with E-state index in [0.717, 1.165) is 14.9 Å². The third kappa shape index (κ3) is 6.02. The van der Waals surface area contributed by atoms with Crippen LogP contribution in [0.3, 0.4) is 0 Å². The van der Waals surface area contributed by atoms with E-state index in [0.29, 0.717) is 5.69 Å². The van der Waals surface area contributed by atoms with Crippen molar-refractivity contribution in [2.75, 3.05) is 17.7 Å². The quantitative estimate of drug-likeness (QED) is 0.571. The van der Waals surface area contributed by atoms with Gasteiger partial charge in [-0.1, -0.05) is 39.7 Å². The van der Waals surface area contributed by atoms with Gasteiger partial charge in [0, 0.05) is 15.1 Å². The summed E-state index contributed by atoms with van der Waals surface area (Å²) in [4.78, 5) is 24.6. The lowest BCUT2D eigenvalue weighted by Crippen LogP contribution is -2.21. The van der Waals surface area contributed by atoms with Crippen molar-refractivity contribution in [3.63, 3.8) is 0 Å². The van der Waals surface area contributed by atoms with Crippen LogP contribution in [0.25, 0.3) is 0 Å². The molecule has 0 saturated heterocycles. The zero-order chi connectivity index (χ0) is 17.5. The highest BCUT2D eigenvalue weighted by Gasteiger charge is 2.10. The third-order valence-electron chi connectivity index (χ3n) is 3.15. The molecule has 24 heavy (non-hydrogen) atoms. The number of thioether (sulfide) groups is 1. The number of ether oxygens (including phenoxy) is 1. The number of aryl methyl sites for hydroxylation is 2. The number of benzene rings is 2. The van der Waals surface area contributed by atoms with E-state index in [2.05, 4.69) is 27.3 Å². The van der Waals surface area contributed by atoms with Gasteiger partial charge in [-0.2, -0.15) is 0 Å². The summed E-state index contributed by atoms with van der Waals surface area (Å²) in [7, 11) is 0. The molecule has 1 N–H and O–H groups in total. The predicted octanol–water partition coefficient (Wildman–Crippen LogP) is 4.34. The second kappa shape index (κ2) is 8.89. The second-order valence-electron chi connectivity index (χ2n) is 5.28. The van der Waals surface area contributed by atoms with E-state index in [4.69, 9.17) is 4.74 Å². The average Bonchev–Trinajstić information content (AvgIpc) is 2.52. The fraction of sp³-hybridized carbons (Fsp3) is 0.222. The van der Waals surface area contributed by atoms with E-state index in [-0.39, 0.29) is 18.3 Å². The van der Waals surface area contributed by atoms with Crippen LogP contribution in [0.15, 0.2) is 51.8 Å². The normalized spacial score (nSPS) is 10.3. The van der Waals surface area contributed by atoms with Crippen LogP contribution in [-0.4, -0.2) is 24.2 Å². The first-order chi connectivity index (χ1) is 11.4. The number of anilines is 1. The molecular formula is C18H18BrNO3S. The van der Waals surface area contributed by atoms with Gasteiger partial charge < -0.3 is 10.1 Å². The van der Waals surface area contributed by atoms with Gasteiger partial charge in [0.05, 0.1) is 5.75 Å². The molecule has 0 unspecified atom stereocenters. The van der Waals surface area contributed by atoms with Crippen LogP contribution in [0.1, 0.15) is 11.1 Å². The molecule has 2 rings (SSSR count). The summed E-state index contributed by atoms with van der Waals surface area (Å²) in [6.07, 6.45) is 0. The number of nitrogens with one attached hydrogen (secondary N) is 1. The minimum absolute atomic E-state index is 0.175. The van der Waals surface area contributed by atoms with Crippen molar-refractivity contribution in [3.8, 4) is 0 Å². The molecule has 0 aliphatic heterocycles. The number of carbonyl (C=O) groups excluding carboxylic acids is 2. The first kappa shape index (κ1) is 18.5. The van der Waals surface area contributed by atoms with Crippen LogP contribution >= 0.6 is 27.7 Å². The lowest BCUT2D eigenvalue weighted by atomic mass is 10.2. The zero-order valence-corrected chi connectivity index (χ0v) is 15.9. The number of esters is 1. The van der Waals surface area contributed by atoms with Gasteiger partial charge in [0.25, 0.3) is 5.91 Å². The van der Waals surface area contributed by atoms with Gasteiger partial charge in [-0.05, 0) is 43.7 Å². The number of halogens is 1. The maximum Gasteiger partial charge on any atom is 0.316 e. The minimum atomic E-state index is -0.413. The topological polar surface area (TPSA) is 55.4 Å². The van der Waals surface area contributed by atoms with Crippen molar-refractivity contribution >= 4 is 45.3 Å². The van der Waals surface area contributed by atoms with Crippen LogP contribution in [0.2, 0.25) is 0 Å². The highest BCUT2D eigenvalue weighted by atomic mass is 79.9. The Labute approximate surface area is 154 Å². The molecule has 0 spiro atoms. The maximum absolute atomic E-state index is 11.8. The van der Waals surface area contributed by atoms with Gasteiger partial charge in [0.2, 0.25) is 0 Å². The van der Waals surface area contributed by atoms with Gasteiger partial charge >= 0.3 is 5.97 Å². The monoisotopic (exact) mass is 407 g/mol. The molecule has 0 saturated carbocycles. The SMILES string of the molecule is Cc1ccc(SCC(=O)OCC(=O)Nc2cccc(Br)c2)c(C)c1. The van der Waals surface area contributed by atoms with Crippen LogP contribution in [-0.2, 0) is 14.3 Å². The van der Waals surface area contributed by atoms with Gasteiger partial charge in [-0.15, -0.1) is 11.8 Å². The average molecular weight is 408 g/mol. The Kier molecular flexibility index (Phi) is 6.87. The summed E-state index contributed by atoms with van der Waals surface area (Å²) in [6, 6.07) is 13.3. The molecule has 0 aromatic heterocycles. The molecule has 2 aromatic carbocycles. The minimum Gasteiger partial charge on any atom is -0.455 e. The fourth-order valence-electron chi connectivity index (χ4n) is 2.05. The molecule has 0 heterocycles. The number of carbonyl (C=O) groups is 2. The van der Waals surface area contributed by atoms with Crippen molar-refractivity contribution in [2.45, 2.75) is 18.7 Å². The first-order valence-corrected chi connectivity index (χ1v) is 9.13. The Hall–Kier alpha value is -1.79. The molecule has 0 aliphatic carbocycles. The molecule has 0 fully saturated rings. The summed E-state index contributed by atoms with van der Waals surface area (Å²) in [5.41, 5.74) is 2.96. The molecule has 2 aromatic rings. The van der Waals surface area contributed by atoms with E-state index >= 15 is 0 Å². The summed E-state index contributed by atoms with van der Waals surface area (Å²) in [5.74, 6) is -0.601. The molecule has 126 valence electrons. The largest absolute Gasteiger partial charge is 0.455 e. The molecule has 6 heteroatoms. The Morgan fingerprint density at radius 3 is 2.67 bits per heavy atom. The van der Waals surface area contributed by atoms with Crippen LogP contribution in [0.4, 0.5) is 5.69 Å². The van der Waals surface area contributed by atoms with Crippen molar-refractivity contribution in [3.05, 3.63) is 58.1 Å². The fourth-order valence-corrected chi connectivity index (χ4v) is 3.26. The second-order valence-corrected chi connectivity index (χ2v) is 7.21. The van der Waals surface area contributed by atoms with E-state index in [1.54, 1.807) is 12.1 Å². The Morgan fingerprint density at radius 2 is 1.96 bits per heavy atom. The standard InChI is InChI=1S/C18H18BrNO3S/c1-12-6-7-16(13(2)8-12)24-11-18(22)23-10-17(21)20-15-5-3-4-14(19)9-15/h3-9H,10-11H2,1-2H3,(H,20,21). The van der Waals surface area contributed by atoms with Gasteiger partial charge in [0.1, 0.15) is 0 Å². The maximum atomic E-state index is 11.8. The lowest BCUT2D eigenvalue weighted by molar-refractivity contribution is -0.144. The number of rotatable bonds is 6. The Balaban J connectivity index is 1.75. The van der Waals surface area contributed by atoms with E-state index in [1.165, 1.54) is 17.3 Å². The molecule has 0 bridgehead atoms. The molecule has 0 atom stereocenters. The molecule has 0 aliphatic rings. The smallest absolute Gasteiger partial charge is 0.316 e. The summed E-state index contributed by atoms with van der Waals surface area (Å²) in [5, 5.41) is 2.67. The summed E-state index contributed by atoms with van der Waals surface area (Å²) >= 11 is 4.74. The third-order valence-corrected chi connectivity index (χ3v) is 4.79. The van der Waals surface area contributed by atoms with Crippen molar-refractivity contribution in [1.82, 2.24) is 0 Å². The highest BCUT2D eigenvalue weighted by Crippen LogP contribution is 2.23.